The van der Waals surface area contributed by atoms with Crippen molar-refractivity contribution in [2.45, 2.75) is 0 Å². The van der Waals surface area contributed by atoms with Crippen LogP contribution in [0.3, 0.4) is 0 Å². The molecule has 0 heterocycles. The molecule has 5 nitrogen and oxygen atoms in total. The molecule has 0 N–H and O–H groups in total. The molecule has 1 aromatic rings. The van der Waals surface area contributed by atoms with Crippen LogP contribution in [0.5, 0.6) is 11.5 Å². The van der Waals surface area contributed by atoms with E-state index in [0.29, 0.717) is 22.7 Å². The molecule has 1 aromatic carbocycles. The Labute approximate surface area is 111 Å². The fraction of sp³-hybridized carbons (Fsp3) is 0.333. The third-order valence-electron chi connectivity index (χ3n) is 2.27. The van der Waals surface area contributed by atoms with Crippen LogP contribution in [-0.4, -0.2) is 44.3 Å². The molecule has 1 amide bonds. The first-order valence-electron chi connectivity index (χ1n) is 5.10. The molecule has 0 saturated heterocycles. The second-order valence-corrected chi connectivity index (χ2v) is 3.81. The number of amides is 1. The van der Waals surface area contributed by atoms with E-state index >= 15 is 0 Å². The lowest BCUT2D eigenvalue weighted by Gasteiger charge is -2.16. The van der Waals surface area contributed by atoms with Crippen molar-refractivity contribution >= 4 is 29.0 Å². The predicted molar refractivity (Wildman–Crippen MR) is 72.2 cm³/mol. The van der Waals surface area contributed by atoms with E-state index in [0.717, 1.165) is 0 Å². The van der Waals surface area contributed by atoms with Crippen LogP contribution >= 0.6 is 12.2 Å². The van der Waals surface area contributed by atoms with E-state index in [2.05, 4.69) is 22.4 Å². The van der Waals surface area contributed by atoms with Crippen molar-refractivity contribution in [2.75, 3.05) is 28.3 Å². The molecular weight excluding hydrogens is 252 g/mol. The van der Waals surface area contributed by atoms with Crippen LogP contribution in [0, 0.1) is 0 Å². The van der Waals surface area contributed by atoms with Gasteiger partial charge >= 0.3 is 0 Å². The van der Waals surface area contributed by atoms with Gasteiger partial charge in [0, 0.05) is 20.2 Å². The number of hydrogen-bond acceptors (Lipinski definition) is 5. The number of nitrogens with zero attached hydrogens (tertiary/aromatic N) is 2. The zero-order valence-corrected chi connectivity index (χ0v) is 11.5. The number of rotatable bonds is 4. The van der Waals surface area contributed by atoms with Crippen molar-refractivity contribution in [3.8, 4) is 11.5 Å². The Morgan fingerprint density at radius 2 is 2.00 bits per heavy atom. The van der Waals surface area contributed by atoms with Crippen molar-refractivity contribution in [2.24, 2.45) is 4.99 Å². The molecule has 0 fully saturated rings. The topological polar surface area (TPSA) is 51.1 Å². The number of methoxy groups -OCH3 is 2. The van der Waals surface area contributed by atoms with Crippen LogP contribution in [0.4, 0.5) is 5.69 Å². The summed E-state index contributed by atoms with van der Waals surface area (Å²) in [6.07, 6.45) is 0. The monoisotopic (exact) mass is 266 g/mol. The van der Waals surface area contributed by atoms with Gasteiger partial charge in [-0.15, -0.1) is 0 Å². The van der Waals surface area contributed by atoms with Crippen molar-refractivity contribution in [3.63, 3.8) is 0 Å². The van der Waals surface area contributed by atoms with Crippen molar-refractivity contribution in [3.05, 3.63) is 17.7 Å². The lowest BCUT2D eigenvalue weighted by Crippen LogP contribution is -2.22. The smallest absolute Gasteiger partial charge is 0.257 e. The molecule has 0 aromatic heterocycles. The van der Waals surface area contributed by atoms with Gasteiger partial charge in [-0.05, 0) is 18.3 Å². The molecule has 0 aliphatic carbocycles. The maximum atomic E-state index is 12.1. The highest BCUT2D eigenvalue weighted by molar-refractivity contribution is 7.78. The maximum absolute atomic E-state index is 12.1. The van der Waals surface area contributed by atoms with E-state index < -0.39 is 0 Å². The zero-order chi connectivity index (χ0) is 13.7. The van der Waals surface area contributed by atoms with E-state index in [9.17, 15) is 4.79 Å². The van der Waals surface area contributed by atoms with Crippen LogP contribution in [0.2, 0.25) is 0 Å². The zero-order valence-electron chi connectivity index (χ0n) is 10.7. The second kappa shape index (κ2) is 6.14. The lowest BCUT2D eigenvalue weighted by atomic mass is 10.1. The highest BCUT2D eigenvalue weighted by Gasteiger charge is 2.19. The Morgan fingerprint density at radius 3 is 2.44 bits per heavy atom. The Bertz CT molecular complexity index is 508. The maximum Gasteiger partial charge on any atom is 0.257 e. The van der Waals surface area contributed by atoms with Gasteiger partial charge in [-0.2, -0.15) is 4.99 Å². The van der Waals surface area contributed by atoms with Gasteiger partial charge in [0.15, 0.2) is 11.5 Å². The van der Waals surface area contributed by atoms with Gasteiger partial charge < -0.3 is 14.4 Å². The van der Waals surface area contributed by atoms with Crippen molar-refractivity contribution in [1.82, 2.24) is 4.90 Å². The molecule has 0 unspecified atom stereocenters. The number of ether oxygens (including phenoxy) is 2. The standard InChI is InChI=1S/C12H14N2O3S/c1-14(2)12(15)9-5-8(13-7-18)6-10(16-3)11(9)17-4/h5-6H,1-4H3. The average molecular weight is 266 g/mol. The summed E-state index contributed by atoms with van der Waals surface area (Å²) in [6, 6.07) is 3.22. The Kier molecular flexibility index (Phi) is 4.83. The van der Waals surface area contributed by atoms with Crippen molar-refractivity contribution in [1.29, 1.82) is 0 Å². The molecule has 0 aliphatic rings. The fourth-order valence-electron chi connectivity index (χ4n) is 1.47. The van der Waals surface area contributed by atoms with E-state index in [4.69, 9.17) is 9.47 Å². The summed E-state index contributed by atoms with van der Waals surface area (Å²) in [5.74, 6) is 0.597. The fourth-order valence-corrected chi connectivity index (χ4v) is 1.57. The third-order valence-corrected chi connectivity index (χ3v) is 2.37. The number of benzene rings is 1. The van der Waals surface area contributed by atoms with Gasteiger partial charge in [-0.1, -0.05) is 0 Å². The second-order valence-electron chi connectivity index (χ2n) is 3.63. The summed E-state index contributed by atoms with van der Waals surface area (Å²) in [4.78, 5) is 17.3. The van der Waals surface area contributed by atoms with Crippen LogP contribution in [-0.2, 0) is 0 Å². The highest BCUT2D eigenvalue weighted by Crippen LogP contribution is 2.36. The molecule has 18 heavy (non-hydrogen) atoms. The molecule has 6 heteroatoms. The summed E-state index contributed by atoms with van der Waals surface area (Å²) in [7, 11) is 6.28. The Hall–Kier alpha value is -1.91. The van der Waals surface area contributed by atoms with E-state index in [1.807, 2.05) is 0 Å². The molecule has 1 rings (SSSR count). The Morgan fingerprint density at radius 1 is 1.33 bits per heavy atom. The first-order valence-corrected chi connectivity index (χ1v) is 5.51. The summed E-state index contributed by atoms with van der Waals surface area (Å²) < 4.78 is 10.4. The SMILES string of the molecule is COc1cc(N=C=S)cc(C(=O)N(C)C)c1OC. The third kappa shape index (κ3) is 2.85. The minimum absolute atomic E-state index is 0.202. The molecule has 0 spiro atoms. The number of carbonyl (C=O) groups excluding carboxylic acids is 1. The number of isothiocyanates is 1. The largest absolute Gasteiger partial charge is 0.493 e. The van der Waals surface area contributed by atoms with E-state index in [1.54, 1.807) is 26.2 Å². The summed E-state index contributed by atoms with van der Waals surface area (Å²) in [5, 5.41) is 2.26. The summed E-state index contributed by atoms with van der Waals surface area (Å²) >= 11 is 4.55. The molecule has 0 saturated carbocycles. The molecule has 0 bridgehead atoms. The first kappa shape index (κ1) is 14.2. The number of carbonyl (C=O) groups is 1. The van der Waals surface area contributed by atoms with Crippen LogP contribution in [0.25, 0.3) is 0 Å². The normalized spacial score (nSPS) is 9.33. The highest BCUT2D eigenvalue weighted by atomic mass is 32.1. The van der Waals surface area contributed by atoms with Gasteiger partial charge in [0.1, 0.15) is 0 Å². The minimum atomic E-state index is -0.202. The van der Waals surface area contributed by atoms with Gasteiger partial charge in [-0.25, -0.2) is 0 Å². The molecule has 0 aliphatic heterocycles. The molecule has 96 valence electrons. The summed E-state index contributed by atoms with van der Waals surface area (Å²) in [6.45, 7) is 0. The predicted octanol–water partition coefficient (Wildman–Crippen LogP) is 2.14. The van der Waals surface area contributed by atoms with Crippen LogP contribution < -0.4 is 9.47 Å². The number of aliphatic imine (C=N–C) groups is 1. The van der Waals surface area contributed by atoms with Crippen LogP contribution in [0.1, 0.15) is 10.4 Å². The molecular formula is C12H14N2O3S. The summed E-state index contributed by atoms with van der Waals surface area (Å²) in [5.41, 5.74) is 0.860. The lowest BCUT2D eigenvalue weighted by molar-refractivity contribution is 0.0823. The van der Waals surface area contributed by atoms with Crippen molar-refractivity contribution < 1.29 is 14.3 Å². The quantitative estimate of drug-likeness (QED) is 0.619. The minimum Gasteiger partial charge on any atom is -0.493 e. The number of hydrogen-bond donors (Lipinski definition) is 0. The average Bonchev–Trinajstić information content (AvgIpc) is 2.36. The molecule has 0 radical (unpaired) electrons. The molecule has 0 atom stereocenters. The first-order chi connectivity index (χ1) is 8.54. The van der Waals surface area contributed by atoms with Gasteiger partial charge in [-0.3, -0.25) is 4.79 Å². The van der Waals surface area contributed by atoms with Gasteiger partial charge in [0.2, 0.25) is 0 Å². The van der Waals surface area contributed by atoms with E-state index in [1.165, 1.54) is 19.1 Å². The van der Waals surface area contributed by atoms with Crippen LogP contribution in [0.15, 0.2) is 17.1 Å². The van der Waals surface area contributed by atoms with E-state index in [-0.39, 0.29) is 5.91 Å². The number of thiocarbonyl (C=S) groups is 1. The Balaban J connectivity index is 3.49. The van der Waals surface area contributed by atoms with Gasteiger partial charge in [0.25, 0.3) is 5.91 Å². The van der Waals surface area contributed by atoms with Gasteiger partial charge in [0.05, 0.1) is 30.6 Å².